The van der Waals surface area contributed by atoms with Crippen LogP contribution in [0.4, 0.5) is 0 Å². The van der Waals surface area contributed by atoms with Gasteiger partial charge >= 0.3 is 0 Å². The molecule has 0 heterocycles. The predicted molar refractivity (Wildman–Crippen MR) is 77.7 cm³/mol. The maximum Gasteiger partial charge on any atom is 0.194 e. The van der Waals surface area contributed by atoms with E-state index in [4.69, 9.17) is 4.74 Å². The van der Waals surface area contributed by atoms with E-state index < -0.39 is 5.60 Å². The van der Waals surface area contributed by atoms with Crippen LogP contribution in [0.25, 0.3) is 0 Å². The SMILES string of the molecule is CCOC1(C(=O)c2ccc(C)c(C)c2)CCCCC1. The molecule has 0 atom stereocenters. The Morgan fingerprint density at radius 3 is 2.42 bits per heavy atom. The number of carbonyl (C=O) groups excluding carboxylic acids is 1. The molecule has 1 aromatic carbocycles. The van der Waals surface area contributed by atoms with Crippen molar-refractivity contribution in [3.63, 3.8) is 0 Å². The summed E-state index contributed by atoms with van der Waals surface area (Å²) in [7, 11) is 0. The number of ketones is 1. The van der Waals surface area contributed by atoms with Crippen molar-refractivity contribution in [2.24, 2.45) is 0 Å². The van der Waals surface area contributed by atoms with Crippen molar-refractivity contribution in [2.45, 2.75) is 58.5 Å². The van der Waals surface area contributed by atoms with Crippen LogP contribution in [-0.2, 0) is 4.74 Å². The van der Waals surface area contributed by atoms with E-state index in [0.29, 0.717) is 6.61 Å². The first-order valence-electron chi connectivity index (χ1n) is 7.35. The van der Waals surface area contributed by atoms with E-state index in [0.717, 1.165) is 31.2 Å². The van der Waals surface area contributed by atoms with Crippen LogP contribution in [0.3, 0.4) is 0 Å². The van der Waals surface area contributed by atoms with Gasteiger partial charge in [0.2, 0.25) is 0 Å². The highest BCUT2D eigenvalue weighted by molar-refractivity contribution is 6.02. The second-order valence-electron chi connectivity index (χ2n) is 5.62. The Balaban J connectivity index is 2.30. The topological polar surface area (TPSA) is 26.3 Å². The second-order valence-corrected chi connectivity index (χ2v) is 5.62. The third-order valence-corrected chi connectivity index (χ3v) is 4.26. The minimum absolute atomic E-state index is 0.178. The Labute approximate surface area is 116 Å². The Morgan fingerprint density at radius 2 is 1.84 bits per heavy atom. The van der Waals surface area contributed by atoms with Gasteiger partial charge in [-0.3, -0.25) is 4.79 Å². The van der Waals surface area contributed by atoms with Crippen molar-refractivity contribution in [3.05, 3.63) is 34.9 Å². The standard InChI is InChI=1S/C17H24O2/c1-4-19-17(10-6-5-7-11-17)16(18)15-9-8-13(2)14(3)12-15/h8-9,12H,4-7,10-11H2,1-3H3. The number of hydrogen-bond acceptors (Lipinski definition) is 2. The van der Waals surface area contributed by atoms with Crippen molar-refractivity contribution in [1.82, 2.24) is 0 Å². The first kappa shape index (κ1) is 14.3. The molecule has 19 heavy (non-hydrogen) atoms. The van der Waals surface area contributed by atoms with Crippen LogP contribution in [0.2, 0.25) is 0 Å². The summed E-state index contributed by atoms with van der Waals surface area (Å²) in [5, 5.41) is 0. The molecule has 0 radical (unpaired) electrons. The second kappa shape index (κ2) is 5.87. The van der Waals surface area contributed by atoms with Crippen LogP contribution in [0.15, 0.2) is 18.2 Å². The number of hydrogen-bond donors (Lipinski definition) is 0. The van der Waals surface area contributed by atoms with Gasteiger partial charge in [-0.2, -0.15) is 0 Å². The molecule has 2 nitrogen and oxygen atoms in total. The molecule has 0 spiro atoms. The van der Waals surface area contributed by atoms with Gasteiger partial charge in [0, 0.05) is 12.2 Å². The third-order valence-electron chi connectivity index (χ3n) is 4.26. The van der Waals surface area contributed by atoms with Crippen LogP contribution < -0.4 is 0 Å². The summed E-state index contributed by atoms with van der Waals surface area (Å²) in [6.07, 6.45) is 5.14. The Hall–Kier alpha value is -1.15. The number of rotatable bonds is 4. The molecule has 1 aliphatic rings. The molecular formula is C17H24O2. The lowest BCUT2D eigenvalue weighted by atomic mass is 9.79. The van der Waals surface area contributed by atoms with E-state index in [1.807, 2.05) is 25.1 Å². The molecule has 0 bridgehead atoms. The molecule has 1 aromatic rings. The molecule has 1 saturated carbocycles. The lowest BCUT2D eigenvalue weighted by molar-refractivity contribution is -0.0411. The number of benzene rings is 1. The molecular weight excluding hydrogens is 236 g/mol. The fourth-order valence-electron chi connectivity index (χ4n) is 2.98. The van der Waals surface area contributed by atoms with Crippen molar-refractivity contribution < 1.29 is 9.53 Å². The first-order valence-corrected chi connectivity index (χ1v) is 7.35. The summed E-state index contributed by atoms with van der Waals surface area (Å²) in [6.45, 7) is 6.71. The van der Waals surface area contributed by atoms with Gasteiger partial charge in [-0.05, 0) is 50.8 Å². The van der Waals surface area contributed by atoms with Gasteiger partial charge in [-0.15, -0.1) is 0 Å². The number of carbonyl (C=O) groups is 1. The molecule has 0 N–H and O–H groups in total. The number of aryl methyl sites for hydroxylation is 2. The van der Waals surface area contributed by atoms with Crippen molar-refractivity contribution in [1.29, 1.82) is 0 Å². The Bertz CT molecular complexity index is 451. The van der Waals surface area contributed by atoms with E-state index in [-0.39, 0.29) is 5.78 Å². The van der Waals surface area contributed by atoms with Gasteiger partial charge in [-0.25, -0.2) is 0 Å². The average molecular weight is 260 g/mol. The fourth-order valence-corrected chi connectivity index (χ4v) is 2.98. The van der Waals surface area contributed by atoms with Crippen molar-refractivity contribution >= 4 is 5.78 Å². The Morgan fingerprint density at radius 1 is 1.16 bits per heavy atom. The summed E-state index contributed by atoms with van der Waals surface area (Å²) in [5.74, 6) is 0.178. The van der Waals surface area contributed by atoms with Gasteiger partial charge in [0.05, 0.1) is 0 Å². The Kier molecular flexibility index (Phi) is 4.41. The lowest BCUT2D eigenvalue weighted by Crippen LogP contribution is -2.43. The monoisotopic (exact) mass is 260 g/mol. The molecule has 1 aliphatic carbocycles. The average Bonchev–Trinajstić information content (AvgIpc) is 2.42. The van der Waals surface area contributed by atoms with Crippen LogP contribution in [0.5, 0.6) is 0 Å². The first-order chi connectivity index (χ1) is 9.09. The van der Waals surface area contributed by atoms with Gasteiger partial charge < -0.3 is 4.74 Å². The summed E-state index contributed by atoms with van der Waals surface area (Å²) < 4.78 is 5.91. The number of Topliss-reactive ketones (excluding diaryl/α,β-unsaturated/α-hetero) is 1. The normalized spacial score (nSPS) is 18.3. The van der Waals surface area contributed by atoms with Crippen LogP contribution >= 0.6 is 0 Å². The molecule has 0 amide bonds. The quantitative estimate of drug-likeness (QED) is 0.757. The molecule has 0 saturated heterocycles. The minimum Gasteiger partial charge on any atom is -0.367 e. The minimum atomic E-state index is -0.561. The van der Waals surface area contributed by atoms with Gasteiger partial charge in [-0.1, -0.05) is 31.4 Å². The zero-order valence-corrected chi connectivity index (χ0v) is 12.3. The predicted octanol–water partition coefficient (Wildman–Crippen LogP) is 4.23. The molecule has 0 aromatic heterocycles. The molecule has 2 heteroatoms. The summed E-state index contributed by atoms with van der Waals surface area (Å²) >= 11 is 0. The van der Waals surface area contributed by atoms with Crippen molar-refractivity contribution in [2.75, 3.05) is 6.61 Å². The molecule has 2 rings (SSSR count). The molecule has 104 valence electrons. The van der Waals surface area contributed by atoms with Gasteiger partial charge in [0.15, 0.2) is 5.78 Å². The summed E-state index contributed by atoms with van der Waals surface area (Å²) in [6, 6.07) is 5.98. The van der Waals surface area contributed by atoms with Crippen LogP contribution in [-0.4, -0.2) is 18.0 Å². The summed E-state index contributed by atoms with van der Waals surface area (Å²) in [5.41, 5.74) is 2.65. The van der Waals surface area contributed by atoms with E-state index in [9.17, 15) is 4.79 Å². The van der Waals surface area contributed by atoms with E-state index >= 15 is 0 Å². The highest BCUT2D eigenvalue weighted by Gasteiger charge is 2.40. The van der Waals surface area contributed by atoms with Crippen molar-refractivity contribution in [3.8, 4) is 0 Å². The molecule has 1 fully saturated rings. The fraction of sp³-hybridized carbons (Fsp3) is 0.588. The van der Waals surface area contributed by atoms with E-state index in [1.54, 1.807) is 0 Å². The zero-order valence-electron chi connectivity index (χ0n) is 12.3. The lowest BCUT2D eigenvalue weighted by Gasteiger charge is -2.35. The third kappa shape index (κ3) is 2.89. The molecule has 0 unspecified atom stereocenters. The highest BCUT2D eigenvalue weighted by Crippen LogP contribution is 2.35. The zero-order chi connectivity index (χ0) is 13.9. The van der Waals surface area contributed by atoms with Crippen LogP contribution in [0.1, 0.15) is 60.5 Å². The number of ether oxygens (including phenoxy) is 1. The highest BCUT2D eigenvalue weighted by atomic mass is 16.5. The van der Waals surface area contributed by atoms with Gasteiger partial charge in [0.25, 0.3) is 0 Å². The molecule has 0 aliphatic heterocycles. The van der Waals surface area contributed by atoms with Gasteiger partial charge in [0.1, 0.15) is 5.60 Å². The largest absolute Gasteiger partial charge is 0.367 e. The smallest absolute Gasteiger partial charge is 0.194 e. The van der Waals surface area contributed by atoms with E-state index in [2.05, 4.69) is 13.8 Å². The van der Waals surface area contributed by atoms with Crippen LogP contribution in [0, 0.1) is 13.8 Å². The van der Waals surface area contributed by atoms with E-state index in [1.165, 1.54) is 17.5 Å². The summed E-state index contributed by atoms with van der Waals surface area (Å²) in [4.78, 5) is 12.9. The maximum absolute atomic E-state index is 12.9. The maximum atomic E-state index is 12.9.